The van der Waals surface area contributed by atoms with Crippen molar-refractivity contribution in [2.75, 3.05) is 28.7 Å². The van der Waals surface area contributed by atoms with Gasteiger partial charge in [0.2, 0.25) is 5.91 Å². The lowest BCUT2D eigenvalue weighted by molar-refractivity contribution is -0.117. The second kappa shape index (κ2) is 5.69. The minimum absolute atomic E-state index is 0.0323. The van der Waals surface area contributed by atoms with Gasteiger partial charge in [0.15, 0.2) is 11.6 Å². The van der Waals surface area contributed by atoms with Crippen LogP contribution in [0.5, 0.6) is 0 Å². The molecule has 2 aliphatic heterocycles. The Kier molecular flexibility index (Phi) is 3.88. The van der Waals surface area contributed by atoms with Gasteiger partial charge < -0.3 is 25.7 Å². The molecule has 1 saturated heterocycles. The molecule has 1 aromatic heterocycles. The van der Waals surface area contributed by atoms with Gasteiger partial charge in [-0.05, 0) is 5.92 Å². The van der Waals surface area contributed by atoms with Crippen LogP contribution >= 0.6 is 0 Å². The molecule has 1 aromatic rings. The van der Waals surface area contributed by atoms with Crippen LogP contribution in [0.1, 0.15) is 20.3 Å². The summed E-state index contributed by atoms with van der Waals surface area (Å²) < 4.78 is 0. The van der Waals surface area contributed by atoms with Gasteiger partial charge in [-0.15, -0.1) is 0 Å². The number of anilines is 3. The molecular weight excluding hydrogens is 286 g/mol. The van der Waals surface area contributed by atoms with Crippen molar-refractivity contribution in [3.63, 3.8) is 0 Å². The highest BCUT2D eigenvalue weighted by Gasteiger charge is 2.42. The number of aliphatic hydroxyl groups is 2. The maximum absolute atomic E-state index is 12.2. The summed E-state index contributed by atoms with van der Waals surface area (Å²) in [6, 6.07) is -0.554. The Labute approximate surface area is 128 Å². The molecule has 1 unspecified atom stereocenters. The summed E-state index contributed by atoms with van der Waals surface area (Å²) in [5.74, 6) is 1.15. The molecule has 1 amide bonds. The van der Waals surface area contributed by atoms with Crippen LogP contribution < -0.4 is 15.5 Å². The standard InChI is InChI=1S/C14H21N5O3/c1-7(2)9(5-20)17-12-11-13(16-6-15-12)19-4-8(21)3-10(19)14(22)18-11/h6-10,20-21H,3-5H2,1-2H3,(H,18,22)(H,15,16,17)/t8-,9?,10-/m1/s1. The summed E-state index contributed by atoms with van der Waals surface area (Å²) in [6.45, 7) is 4.34. The normalized spacial score (nSPS) is 24.8. The number of carbonyl (C=O) groups is 1. The average Bonchev–Trinajstić information content (AvgIpc) is 2.87. The summed E-state index contributed by atoms with van der Waals surface area (Å²) in [6.07, 6.45) is 1.30. The lowest BCUT2D eigenvalue weighted by Gasteiger charge is -2.33. The molecule has 3 heterocycles. The number of nitrogens with one attached hydrogen (secondary N) is 2. The first-order valence-corrected chi connectivity index (χ1v) is 7.49. The maximum Gasteiger partial charge on any atom is 0.247 e. The van der Waals surface area contributed by atoms with Gasteiger partial charge >= 0.3 is 0 Å². The van der Waals surface area contributed by atoms with E-state index < -0.39 is 6.10 Å². The van der Waals surface area contributed by atoms with E-state index in [4.69, 9.17) is 0 Å². The van der Waals surface area contributed by atoms with Crippen LogP contribution in [0.2, 0.25) is 0 Å². The topological polar surface area (TPSA) is 111 Å². The zero-order valence-electron chi connectivity index (χ0n) is 12.7. The number of amides is 1. The van der Waals surface area contributed by atoms with E-state index in [0.29, 0.717) is 30.3 Å². The Balaban J connectivity index is 1.94. The smallest absolute Gasteiger partial charge is 0.247 e. The van der Waals surface area contributed by atoms with E-state index in [-0.39, 0.29) is 30.5 Å². The number of rotatable bonds is 4. The molecule has 22 heavy (non-hydrogen) atoms. The van der Waals surface area contributed by atoms with Crippen molar-refractivity contribution in [2.45, 2.75) is 38.5 Å². The van der Waals surface area contributed by atoms with E-state index in [2.05, 4.69) is 20.6 Å². The summed E-state index contributed by atoms with van der Waals surface area (Å²) in [4.78, 5) is 22.5. The predicted octanol–water partition coefficient (Wildman–Crippen LogP) is -0.203. The van der Waals surface area contributed by atoms with Crippen molar-refractivity contribution >= 4 is 23.2 Å². The monoisotopic (exact) mass is 307 g/mol. The summed E-state index contributed by atoms with van der Waals surface area (Å²) in [7, 11) is 0. The van der Waals surface area contributed by atoms with E-state index in [1.807, 2.05) is 18.7 Å². The Morgan fingerprint density at radius 3 is 2.95 bits per heavy atom. The second-order valence-electron chi connectivity index (χ2n) is 6.15. The molecular formula is C14H21N5O3. The molecule has 0 spiro atoms. The van der Waals surface area contributed by atoms with Gasteiger partial charge in [0.25, 0.3) is 0 Å². The van der Waals surface area contributed by atoms with Crippen molar-refractivity contribution in [3.8, 4) is 0 Å². The number of fused-ring (bicyclic) bond motifs is 3. The van der Waals surface area contributed by atoms with Gasteiger partial charge in [0.05, 0.1) is 18.8 Å². The molecule has 0 bridgehead atoms. The largest absolute Gasteiger partial charge is 0.394 e. The van der Waals surface area contributed by atoms with Gasteiger partial charge in [-0.25, -0.2) is 9.97 Å². The summed E-state index contributed by atoms with van der Waals surface area (Å²) >= 11 is 0. The third kappa shape index (κ3) is 2.48. The fraction of sp³-hybridized carbons (Fsp3) is 0.643. The molecule has 120 valence electrons. The van der Waals surface area contributed by atoms with E-state index in [1.165, 1.54) is 6.33 Å². The van der Waals surface area contributed by atoms with Crippen molar-refractivity contribution in [1.29, 1.82) is 0 Å². The SMILES string of the molecule is CC(C)C(CO)Nc1ncnc2c1NC(=O)[C@H]1C[C@@H](O)CN21. The van der Waals surface area contributed by atoms with Gasteiger partial charge in [0, 0.05) is 13.0 Å². The van der Waals surface area contributed by atoms with Crippen molar-refractivity contribution in [2.24, 2.45) is 5.92 Å². The summed E-state index contributed by atoms with van der Waals surface area (Å²) in [5.41, 5.74) is 0.511. The van der Waals surface area contributed by atoms with Crippen LogP contribution in [-0.4, -0.2) is 57.4 Å². The third-order valence-electron chi connectivity index (χ3n) is 4.25. The molecule has 3 rings (SSSR count). The molecule has 0 saturated carbocycles. The van der Waals surface area contributed by atoms with Crippen molar-refractivity contribution < 1.29 is 15.0 Å². The van der Waals surface area contributed by atoms with Crippen LogP contribution in [-0.2, 0) is 4.79 Å². The highest BCUT2D eigenvalue weighted by molar-refractivity contribution is 6.05. The first-order chi connectivity index (χ1) is 10.5. The first kappa shape index (κ1) is 15.0. The average molecular weight is 307 g/mol. The molecule has 8 heteroatoms. The lowest BCUT2D eigenvalue weighted by Crippen LogP contribution is -2.45. The molecule has 2 aliphatic rings. The summed E-state index contributed by atoms with van der Waals surface area (Å²) in [5, 5.41) is 25.3. The minimum atomic E-state index is -0.533. The lowest BCUT2D eigenvalue weighted by atomic mass is 10.1. The highest BCUT2D eigenvalue weighted by atomic mass is 16.3. The predicted molar refractivity (Wildman–Crippen MR) is 81.8 cm³/mol. The van der Waals surface area contributed by atoms with Crippen LogP contribution in [0, 0.1) is 5.92 Å². The fourth-order valence-electron chi connectivity index (χ4n) is 2.92. The van der Waals surface area contributed by atoms with Crippen LogP contribution in [0.3, 0.4) is 0 Å². The van der Waals surface area contributed by atoms with E-state index in [1.54, 1.807) is 0 Å². The maximum atomic E-state index is 12.2. The van der Waals surface area contributed by atoms with Crippen molar-refractivity contribution in [1.82, 2.24) is 9.97 Å². The van der Waals surface area contributed by atoms with Gasteiger partial charge in [-0.1, -0.05) is 13.8 Å². The van der Waals surface area contributed by atoms with Gasteiger partial charge in [0.1, 0.15) is 18.1 Å². The van der Waals surface area contributed by atoms with E-state index >= 15 is 0 Å². The quantitative estimate of drug-likeness (QED) is 0.609. The molecule has 3 atom stereocenters. The van der Waals surface area contributed by atoms with Crippen molar-refractivity contribution in [3.05, 3.63) is 6.33 Å². The van der Waals surface area contributed by atoms with E-state index in [9.17, 15) is 15.0 Å². The van der Waals surface area contributed by atoms with Gasteiger partial charge in [-0.3, -0.25) is 4.79 Å². The van der Waals surface area contributed by atoms with Crippen LogP contribution in [0.15, 0.2) is 6.33 Å². The molecule has 0 radical (unpaired) electrons. The molecule has 0 aliphatic carbocycles. The molecule has 1 fully saturated rings. The number of aromatic nitrogens is 2. The number of nitrogens with zero attached hydrogens (tertiary/aromatic N) is 3. The number of aliphatic hydroxyl groups excluding tert-OH is 2. The Morgan fingerprint density at radius 2 is 2.27 bits per heavy atom. The van der Waals surface area contributed by atoms with Crippen LogP contribution in [0.25, 0.3) is 0 Å². The Bertz CT molecular complexity index is 580. The van der Waals surface area contributed by atoms with Gasteiger partial charge in [-0.2, -0.15) is 0 Å². The minimum Gasteiger partial charge on any atom is -0.394 e. The molecule has 8 nitrogen and oxygen atoms in total. The Hall–Kier alpha value is -1.93. The third-order valence-corrected chi connectivity index (χ3v) is 4.25. The number of carbonyl (C=O) groups excluding carboxylic acids is 1. The second-order valence-corrected chi connectivity index (χ2v) is 6.15. The first-order valence-electron chi connectivity index (χ1n) is 7.49. The highest BCUT2D eigenvalue weighted by Crippen LogP contribution is 2.38. The zero-order valence-corrected chi connectivity index (χ0v) is 12.7. The van der Waals surface area contributed by atoms with E-state index in [0.717, 1.165) is 0 Å². The molecule has 4 N–H and O–H groups in total. The fourth-order valence-corrected chi connectivity index (χ4v) is 2.92. The Morgan fingerprint density at radius 1 is 1.50 bits per heavy atom. The zero-order chi connectivity index (χ0) is 15.9. The number of hydrogen-bond donors (Lipinski definition) is 4. The number of hydrogen-bond acceptors (Lipinski definition) is 7. The van der Waals surface area contributed by atoms with Crippen LogP contribution in [0.4, 0.5) is 17.3 Å². The molecule has 0 aromatic carbocycles.